The zero-order valence-electron chi connectivity index (χ0n) is 8.68. The van der Waals surface area contributed by atoms with Gasteiger partial charge in [-0.15, -0.1) is 0 Å². The maximum atomic E-state index is 10.0. The molecule has 0 aromatic rings. The van der Waals surface area contributed by atoms with Gasteiger partial charge in [0.15, 0.2) is 0 Å². The molecular formula is C10H21NO. The summed E-state index contributed by atoms with van der Waals surface area (Å²) >= 11 is 0. The van der Waals surface area contributed by atoms with Gasteiger partial charge in [-0.1, -0.05) is 20.8 Å². The van der Waals surface area contributed by atoms with Crippen molar-refractivity contribution >= 4 is 6.41 Å². The maximum absolute atomic E-state index is 10.0. The normalized spacial score (nSPS) is 20.0. The first-order valence-electron chi connectivity index (χ1n) is 4.86. The molecule has 0 bridgehead atoms. The van der Waals surface area contributed by atoms with Crippen molar-refractivity contribution in [2.45, 2.75) is 53.0 Å². The quantitative estimate of drug-likeness (QED) is 0.646. The second kappa shape index (κ2) is 5.18. The molecule has 0 radical (unpaired) electrons. The molecule has 1 amide bonds. The van der Waals surface area contributed by atoms with Crippen molar-refractivity contribution in [1.82, 2.24) is 5.32 Å². The molecule has 0 spiro atoms. The summed E-state index contributed by atoms with van der Waals surface area (Å²) in [6.45, 7) is 8.33. The number of rotatable bonds is 4. The van der Waals surface area contributed by atoms with Crippen LogP contribution in [0.4, 0.5) is 0 Å². The van der Waals surface area contributed by atoms with E-state index >= 15 is 0 Å². The number of nitrogens with one attached hydrogen (secondary N) is 1. The minimum absolute atomic E-state index is 0.352. The molecule has 1 aliphatic rings. The Labute approximate surface area is 75.7 Å². The van der Waals surface area contributed by atoms with E-state index in [2.05, 4.69) is 19.2 Å². The Kier molecular flexibility index (Phi) is 4.95. The van der Waals surface area contributed by atoms with Gasteiger partial charge in [-0.05, 0) is 31.6 Å². The van der Waals surface area contributed by atoms with E-state index < -0.39 is 0 Å². The predicted molar refractivity (Wildman–Crippen MR) is 52.0 cm³/mol. The molecule has 1 atom stereocenters. The summed E-state index contributed by atoms with van der Waals surface area (Å²) in [4.78, 5) is 10.0. The first-order chi connectivity index (χ1) is 5.66. The fourth-order valence-corrected chi connectivity index (χ4v) is 1.33. The molecule has 1 unspecified atom stereocenters. The van der Waals surface area contributed by atoms with Crippen molar-refractivity contribution in [2.75, 3.05) is 0 Å². The van der Waals surface area contributed by atoms with Crippen LogP contribution >= 0.6 is 0 Å². The number of carbonyl (C=O) groups excluding carboxylic acids is 1. The highest BCUT2D eigenvalue weighted by atomic mass is 16.1. The van der Waals surface area contributed by atoms with Crippen LogP contribution in [0, 0.1) is 5.41 Å². The highest BCUT2D eigenvalue weighted by Gasteiger charge is 2.37. The van der Waals surface area contributed by atoms with Gasteiger partial charge in [0.2, 0.25) is 6.41 Å². The SMILES string of the molecule is CC.CC(CC1(C)CC1)NC=O. The third-order valence-electron chi connectivity index (χ3n) is 2.26. The Morgan fingerprint density at radius 1 is 1.50 bits per heavy atom. The topological polar surface area (TPSA) is 29.1 Å². The molecule has 0 aliphatic heterocycles. The second-order valence-corrected chi connectivity index (χ2v) is 3.70. The van der Waals surface area contributed by atoms with Crippen LogP contribution in [0.25, 0.3) is 0 Å². The van der Waals surface area contributed by atoms with E-state index in [0.717, 1.165) is 12.8 Å². The molecule has 1 saturated carbocycles. The van der Waals surface area contributed by atoms with Gasteiger partial charge in [0.25, 0.3) is 0 Å². The average Bonchev–Trinajstić information content (AvgIpc) is 2.72. The van der Waals surface area contributed by atoms with Crippen molar-refractivity contribution < 1.29 is 4.79 Å². The van der Waals surface area contributed by atoms with Gasteiger partial charge in [-0.25, -0.2) is 0 Å². The molecular weight excluding hydrogens is 150 g/mol. The Bertz CT molecular complexity index is 130. The summed E-state index contributed by atoms with van der Waals surface area (Å²) in [7, 11) is 0. The van der Waals surface area contributed by atoms with Crippen LogP contribution in [0.3, 0.4) is 0 Å². The van der Waals surface area contributed by atoms with Gasteiger partial charge in [0.05, 0.1) is 0 Å². The summed E-state index contributed by atoms with van der Waals surface area (Å²) in [6.07, 6.45) is 4.58. The maximum Gasteiger partial charge on any atom is 0.207 e. The lowest BCUT2D eigenvalue weighted by Gasteiger charge is -2.14. The average molecular weight is 171 g/mol. The van der Waals surface area contributed by atoms with Gasteiger partial charge in [0, 0.05) is 6.04 Å². The lowest BCUT2D eigenvalue weighted by Crippen LogP contribution is -2.26. The van der Waals surface area contributed by atoms with Gasteiger partial charge in [-0.2, -0.15) is 0 Å². The van der Waals surface area contributed by atoms with E-state index in [1.54, 1.807) is 0 Å². The molecule has 1 rings (SSSR count). The summed E-state index contributed by atoms with van der Waals surface area (Å²) in [5.41, 5.74) is 0.551. The molecule has 2 nitrogen and oxygen atoms in total. The van der Waals surface area contributed by atoms with Crippen LogP contribution in [-0.2, 0) is 4.79 Å². The molecule has 0 aromatic carbocycles. The van der Waals surface area contributed by atoms with Crippen molar-refractivity contribution in [3.8, 4) is 0 Å². The van der Waals surface area contributed by atoms with Crippen molar-refractivity contribution in [3.63, 3.8) is 0 Å². The van der Waals surface area contributed by atoms with E-state index in [-0.39, 0.29) is 0 Å². The number of hydrogen-bond donors (Lipinski definition) is 1. The predicted octanol–water partition coefficient (Wildman–Crippen LogP) is 2.34. The van der Waals surface area contributed by atoms with E-state index in [1.807, 2.05) is 13.8 Å². The van der Waals surface area contributed by atoms with E-state index in [9.17, 15) is 4.79 Å². The minimum Gasteiger partial charge on any atom is -0.356 e. The fraction of sp³-hybridized carbons (Fsp3) is 0.900. The minimum atomic E-state index is 0.352. The van der Waals surface area contributed by atoms with E-state index in [4.69, 9.17) is 0 Å². The molecule has 1 N–H and O–H groups in total. The highest BCUT2D eigenvalue weighted by Crippen LogP contribution is 2.48. The van der Waals surface area contributed by atoms with Crippen molar-refractivity contribution in [3.05, 3.63) is 0 Å². The number of hydrogen-bond acceptors (Lipinski definition) is 1. The van der Waals surface area contributed by atoms with Gasteiger partial charge in [0.1, 0.15) is 0 Å². The number of amides is 1. The monoisotopic (exact) mass is 171 g/mol. The van der Waals surface area contributed by atoms with Crippen LogP contribution in [0.2, 0.25) is 0 Å². The van der Waals surface area contributed by atoms with Gasteiger partial charge in [-0.3, -0.25) is 4.79 Å². The Morgan fingerprint density at radius 3 is 2.33 bits per heavy atom. The van der Waals surface area contributed by atoms with Gasteiger partial charge < -0.3 is 5.32 Å². The highest BCUT2D eigenvalue weighted by molar-refractivity contribution is 5.46. The first kappa shape index (κ1) is 11.5. The Morgan fingerprint density at radius 2 is 2.00 bits per heavy atom. The summed E-state index contributed by atoms with van der Waals surface area (Å²) in [5, 5.41) is 2.76. The fourth-order valence-electron chi connectivity index (χ4n) is 1.33. The summed E-state index contributed by atoms with van der Waals surface area (Å²) in [6, 6.07) is 0.352. The van der Waals surface area contributed by atoms with Crippen LogP contribution in [0.5, 0.6) is 0 Å². The lowest BCUT2D eigenvalue weighted by atomic mass is 10.0. The molecule has 0 aromatic heterocycles. The molecule has 1 fully saturated rings. The molecule has 72 valence electrons. The van der Waals surface area contributed by atoms with Crippen LogP contribution in [0.15, 0.2) is 0 Å². The van der Waals surface area contributed by atoms with E-state index in [1.165, 1.54) is 12.8 Å². The molecule has 2 heteroatoms. The first-order valence-corrected chi connectivity index (χ1v) is 4.86. The standard InChI is InChI=1S/C8H15NO.C2H6/c1-7(9-6-10)5-8(2)3-4-8;1-2/h6-7H,3-5H2,1-2H3,(H,9,10);1-2H3. The largest absolute Gasteiger partial charge is 0.356 e. The molecule has 0 heterocycles. The summed E-state index contributed by atoms with van der Waals surface area (Å²) < 4.78 is 0. The smallest absolute Gasteiger partial charge is 0.207 e. The molecule has 0 saturated heterocycles. The number of carbonyl (C=O) groups is 1. The zero-order valence-corrected chi connectivity index (χ0v) is 8.68. The molecule has 1 aliphatic carbocycles. The third-order valence-corrected chi connectivity index (χ3v) is 2.26. The van der Waals surface area contributed by atoms with Crippen molar-refractivity contribution in [2.24, 2.45) is 5.41 Å². The molecule has 12 heavy (non-hydrogen) atoms. The van der Waals surface area contributed by atoms with E-state index in [0.29, 0.717) is 11.5 Å². The van der Waals surface area contributed by atoms with Crippen molar-refractivity contribution in [1.29, 1.82) is 0 Å². The Balaban J connectivity index is 0.000000561. The van der Waals surface area contributed by atoms with Crippen LogP contribution < -0.4 is 5.32 Å². The summed E-state index contributed by atoms with van der Waals surface area (Å²) in [5.74, 6) is 0. The zero-order chi connectivity index (χ0) is 9.61. The van der Waals surface area contributed by atoms with Crippen LogP contribution in [0.1, 0.15) is 47.0 Å². The second-order valence-electron chi connectivity index (χ2n) is 3.70. The Hall–Kier alpha value is -0.530. The lowest BCUT2D eigenvalue weighted by molar-refractivity contribution is -0.110. The third kappa shape index (κ3) is 4.37. The van der Waals surface area contributed by atoms with Crippen LogP contribution in [-0.4, -0.2) is 12.5 Å². The van der Waals surface area contributed by atoms with Gasteiger partial charge >= 0.3 is 0 Å².